The van der Waals surface area contributed by atoms with Crippen molar-refractivity contribution in [2.24, 2.45) is 0 Å². The molecule has 21 heavy (non-hydrogen) atoms. The summed E-state index contributed by atoms with van der Waals surface area (Å²) in [4.78, 5) is 8.81. The molecular formula is C17H16N4. The average molecular weight is 276 g/mol. The second-order valence-corrected chi connectivity index (χ2v) is 4.71. The summed E-state index contributed by atoms with van der Waals surface area (Å²) in [6, 6.07) is 17.8. The van der Waals surface area contributed by atoms with E-state index in [1.54, 1.807) is 12.4 Å². The molecule has 1 heterocycles. The van der Waals surface area contributed by atoms with E-state index < -0.39 is 0 Å². The summed E-state index contributed by atoms with van der Waals surface area (Å²) in [6.45, 7) is 0.710. The van der Waals surface area contributed by atoms with Gasteiger partial charge in [-0.15, -0.1) is 0 Å². The number of nitrogens with two attached hydrogens (primary N) is 1. The fourth-order valence-electron chi connectivity index (χ4n) is 2.10. The molecule has 0 saturated heterocycles. The summed E-state index contributed by atoms with van der Waals surface area (Å²) in [6.07, 6.45) is 3.38. The molecule has 0 radical (unpaired) electrons. The van der Waals surface area contributed by atoms with Gasteiger partial charge in [0.05, 0.1) is 0 Å². The number of benzene rings is 2. The molecule has 0 unspecified atom stereocenters. The molecule has 0 fully saturated rings. The molecule has 0 saturated carbocycles. The van der Waals surface area contributed by atoms with Gasteiger partial charge >= 0.3 is 0 Å². The number of aromatic nitrogens is 2. The minimum Gasteiger partial charge on any atom is -0.399 e. The van der Waals surface area contributed by atoms with Crippen molar-refractivity contribution in [3.05, 3.63) is 72.6 Å². The molecule has 2 aromatic carbocycles. The summed E-state index contributed by atoms with van der Waals surface area (Å²) in [5.41, 5.74) is 9.48. The highest BCUT2D eigenvalue weighted by atomic mass is 15.0. The number of nitrogens with one attached hydrogen (secondary N) is 1. The van der Waals surface area contributed by atoms with Crippen molar-refractivity contribution in [1.29, 1.82) is 0 Å². The van der Waals surface area contributed by atoms with E-state index in [-0.39, 0.29) is 0 Å². The van der Waals surface area contributed by atoms with Crippen molar-refractivity contribution < 1.29 is 0 Å². The first-order valence-electron chi connectivity index (χ1n) is 6.77. The van der Waals surface area contributed by atoms with Crippen LogP contribution in [0, 0.1) is 0 Å². The number of anilines is 2. The van der Waals surface area contributed by atoms with E-state index in [9.17, 15) is 0 Å². The van der Waals surface area contributed by atoms with Gasteiger partial charge in [0.25, 0.3) is 0 Å². The minimum atomic E-state index is 0.710. The molecule has 3 N–H and O–H groups in total. The molecule has 4 heteroatoms. The summed E-state index contributed by atoms with van der Waals surface area (Å²) >= 11 is 0. The predicted molar refractivity (Wildman–Crippen MR) is 85.6 cm³/mol. The van der Waals surface area contributed by atoms with Crippen LogP contribution >= 0.6 is 0 Å². The van der Waals surface area contributed by atoms with E-state index in [4.69, 9.17) is 5.73 Å². The van der Waals surface area contributed by atoms with Crippen LogP contribution in [0.15, 0.2) is 67.0 Å². The monoisotopic (exact) mass is 276 g/mol. The summed E-state index contributed by atoms with van der Waals surface area (Å²) in [7, 11) is 0. The Bertz CT molecular complexity index is 708. The fraction of sp³-hybridized carbons (Fsp3) is 0.0588. The van der Waals surface area contributed by atoms with Crippen LogP contribution in [0.5, 0.6) is 0 Å². The Hall–Kier alpha value is -2.88. The van der Waals surface area contributed by atoms with Crippen LogP contribution in [0.3, 0.4) is 0 Å². The largest absolute Gasteiger partial charge is 0.399 e. The zero-order valence-electron chi connectivity index (χ0n) is 11.5. The zero-order chi connectivity index (χ0) is 14.5. The quantitative estimate of drug-likeness (QED) is 0.717. The Morgan fingerprint density at radius 1 is 0.857 bits per heavy atom. The van der Waals surface area contributed by atoms with Gasteiger partial charge in [-0.2, -0.15) is 0 Å². The van der Waals surface area contributed by atoms with Gasteiger partial charge in [-0.1, -0.05) is 42.5 Å². The van der Waals surface area contributed by atoms with Gasteiger partial charge in [0.15, 0.2) is 5.82 Å². The number of hydrogen-bond donors (Lipinski definition) is 2. The van der Waals surface area contributed by atoms with Crippen molar-refractivity contribution >= 4 is 11.5 Å². The number of hydrogen-bond acceptors (Lipinski definition) is 4. The maximum Gasteiger partial charge on any atom is 0.152 e. The smallest absolute Gasteiger partial charge is 0.152 e. The molecule has 104 valence electrons. The van der Waals surface area contributed by atoms with Crippen molar-refractivity contribution in [1.82, 2.24) is 9.97 Å². The van der Waals surface area contributed by atoms with Crippen LogP contribution in [-0.4, -0.2) is 9.97 Å². The van der Waals surface area contributed by atoms with Gasteiger partial charge in [-0.05, 0) is 17.7 Å². The zero-order valence-corrected chi connectivity index (χ0v) is 11.5. The van der Waals surface area contributed by atoms with Gasteiger partial charge < -0.3 is 11.1 Å². The topological polar surface area (TPSA) is 63.8 Å². The van der Waals surface area contributed by atoms with Gasteiger partial charge in [0, 0.05) is 30.2 Å². The molecule has 0 spiro atoms. The molecule has 0 atom stereocenters. The lowest BCUT2D eigenvalue weighted by atomic mass is 10.1. The van der Waals surface area contributed by atoms with Crippen molar-refractivity contribution in [2.45, 2.75) is 6.54 Å². The van der Waals surface area contributed by atoms with E-state index in [1.165, 1.54) is 5.56 Å². The van der Waals surface area contributed by atoms with E-state index in [2.05, 4.69) is 27.4 Å². The van der Waals surface area contributed by atoms with Crippen molar-refractivity contribution in [3.63, 3.8) is 0 Å². The lowest BCUT2D eigenvalue weighted by Gasteiger charge is -2.10. The maximum absolute atomic E-state index is 5.73. The van der Waals surface area contributed by atoms with Crippen LogP contribution in [0.1, 0.15) is 5.56 Å². The average Bonchev–Trinajstić information content (AvgIpc) is 2.55. The number of nitrogen functional groups attached to an aromatic ring is 1. The first kappa shape index (κ1) is 13.1. The van der Waals surface area contributed by atoms with E-state index in [0.29, 0.717) is 6.54 Å². The second kappa shape index (κ2) is 6.05. The normalized spacial score (nSPS) is 10.3. The molecule has 0 bridgehead atoms. The molecule has 0 amide bonds. The summed E-state index contributed by atoms with van der Waals surface area (Å²) in [5, 5.41) is 3.34. The Kier molecular flexibility index (Phi) is 3.78. The Labute approximate surface area is 123 Å². The van der Waals surface area contributed by atoms with Crippen LogP contribution in [0.4, 0.5) is 11.5 Å². The standard InChI is InChI=1S/C17H16N4/c18-15-8-6-14(7-9-15)16-17(20-11-10-19-16)21-12-13-4-2-1-3-5-13/h1-11H,12,18H2,(H,20,21). The van der Waals surface area contributed by atoms with Crippen LogP contribution in [0.2, 0.25) is 0 Å². The molecular weight excluding hydrogens is 260 g/mol. The van der Waals surface area contributed by atoms with E-state index >= 15 is 0 Å². The Balaban J connectivity index is 1.84. The first-order valence-corrected chi connectivity index (χ1v) is 6.77. The van der Waals surface area contributed by atoms with Gasteiger partial charge in [0.2, 0.25) is 0 Å². The maximum atomic E-state index is 5.73. The highest BCUT2D eigenvalue weighted by molar-refractivity contribution is 5.72. The predicted octanol–water partition coefficient (Wildman–Crippen LogP) is 3.34. The molecule has 0 aliphatic carbocycles. The lowest BCUT2D eigenvalue weighted by Crippen LogP contribution is -2.04. The molecule has 3 aromatic rings. The highest BCUT2D eigenvalue weighted by Gasteiger charge is 2.07. The summed E-state index contributed by atoms with van der Waals surface area (Å²) < 4.78 is 0. The third-order valence-corrected chi connectivity index (χ3v) is 3.19. The second-order valence-electron chi connectivity index (χ2n) is 4.71. The first-order chi connectivity index (χ1) is 10.3. The van der Waals surface area contributed by atoms with Crippen LogP contribution in [-0.2, 0) is 6.54 Å². The Morgan fingerprint density at radius 3 is 2.33 bits per heavy atom. The molecule has 1 aromatic heterocycles. The van der Waals surface area contributed by atoms with Crippen LogP contribution < -0.4 is 11.1 Å². The molecule has 4 nitrogen and oxygen atoms in total. The van der Waals surface area contributed by atoms with Gasteiger partial charge in [-0.25, -0.2) is 4.98 Å². The van der Waals surface area contributed by atoms with E-state index in [1.807, 2.05) is 42.5 Å². The SMILES string of the molecule is Nc1ccc(-c2nccnc2NCc2ccccc2)cc1. The number of rotatable bonds is 4. The number of nitrogens with zero attached hydrogens (tertiary/aromatic N) is 2. The molecule has 0 aliphatic heterocycles. The van der Waals surface area contributed by atoms with E-state index in [0.717, 1.165) is 22.8 Å². The highest BCUT2D eigenvalue weighted by Crippen LogP contribution is 2.24. The lowest BCUT2D eigenvalue weighted by molar-refractivity contribution is 1.09. The Morgan fingerprint density at radius 2 is 1.57 bits per heavy atom. The molecule has 3 rings (SSSR count). The summed E-state index contributed by atoms with van der Waals surface area (Å²) in [5.74, 6) is 0.770. The fourth-order valence-corrected chi connectivity index (χ4v) is 2.10. The van der Waals surface area contributed by atoms with Crippen molar-refractivity contribution in [2.75, 3.05) is 11.1 Å². The van der Waals surface area contributed by atoms with Gasteiger partial charge in [-0.3, -0.25) is 4.98 Å². The minimum absolute atomic E-state index is 0.710. The third kappa shape index (κ3) is 3.17. The molecule has 0 aliphatic rings. The van der Waals surface area contributed by atoms with Crippen LogP contribution in [0.25, 0.3) is 11.3 Å². The third-order valence-electron chi connectivity index (χ3n) is 3.19. The van der Waals surface area contributed by atoms with Gasteiger partial charge in [0.1, 0.15) is 5.69 Å². The van der Waals surface area contributed by atoms with Crippen molar-refractivity contribution in [3.8, 4) is 11.3 Å².